The quantitative estimate of drug-likeness (QED) is 0.781. The summed E-state index contributed by atoms with van der Waals surface area (Å²) in [6.07, 6.45) is 4.81. The third kappa shape index (κ3) is 2.63. The lowest BCUT2D eigenvalue weighted by Crippen LogP contribution is -2.36. The van der Waals surface area contributed by atoms with Crippen LogP contribution in [0, 0.1) is 11.3 Å². The van der Waals surface area contributed by atoms with Crippen molar-refractivity contribution in [1.82, 2.24) is 4.90 Å². The minimum atomic E-state index is -0.416. The summed E-state index contributed by atoms with van der Waals surface area (Å²) in [6, 6.07) is 0. The zero-order chi connectivity index (χ0) is 13.4. The Hall–Kier alpha value is -0.770. The summed E-state index contributed by atoms with van der Waals surface area (Å²) < 4.78 is 5.46. The Labute approximate surface area is 110 Å². The molecule has 4 nitrogen and oxygen atoms in total. The number of hydrogen-bond donors (Lipinski definition) is 1. The standard InChI is InChI=1S/C14H26N2O2/c1-13(2,3)18-12(17)16-9-11(8-15)14(10-16)6-4-5-7-14/h11H,4-10,15H2,1-3H3. The van der Waals surface area contributed by atoms with Crippen molar-refractivity contribution in [2.75, 3.05) is 19.6 Å². The summed E-state index contributed by atoms with van der Waals surface area (Å²) in [7, 11) is 0. The van der Waals surface area contributed by atoms with Crippen molar-refractivity contribution in [2.45, 2.75) is 52.1 Å². The second kappa shape index (κ2) is 4.72. The van der Waals surface area contributed by atoms with Gasteiger partial charge in [0.15, 0.2) is 0 Å². The second-order valence-electron chi connectivity index (χ2n) is 6.86. The van der Waals surface area contributed by atoms with Crippen molar-refractivity contribution in [3.8, 4) is 0 Å². The Morgan fingerprint density at radius 1 is 1.39 bits per heavy atom. The molecule has 0 bridgehead atoms. The van der Waals surface area contributed by atoms with Crippen LogP contribution in [0.4, 0.5) is 4.79 Å². The Morgan fingerprint density at radius 3 is 2.50 bits per heavy atom. The van der Waals surface area contributed by atoms with E-state index in [0.29, 0.717) is 12.5 Å². The van der Waals surface area contributed by atoms with Crippen LogP contribution >= 0.6 is 0 Å². The molecule has 1 amide bonds. The van der Waals surface area contributed by atoms with Gasteiger partial charge in [-0.05, 0) is 51.5 Å². The van der Waals surface area contributed by atoms with Gasteiger partial charge in [0.05, 0.1) is 0 Å². The van der Waals surface area contributed by atoms with Gasteiger partial charge in [0.25, 0.3) is 0 Å². The molecular formula is C14H26N2O2. The van der Waals surface area contributed by atoms with Crippen molar-refractivity contribution in [3.63, 3.8) is 0 Å². The predicted octanol–water partition coefficient (Wildman–Crippen LogP) is 2.37. The number of rotatable bonds is 1. The predicted molar refractivity (Wildman–Crippen MR) is 71.3 cm³/mol. The van der Waals surface area contributed by atoms with E-state index in [-0.39, 0.29) is 11.5 Å². The number of carbonyl (C=O) groups is 1. The fraction of sp³-hybridized carbons (Fsp3) is 0.929. The van der Waals surface area contributed by atoms with Crippen LogP contribution in [0.1, 0.15) is 46.5 Å². The maximum Gasteiger partial charge on any atom is 0.410 e. The molecule has 0 aromatic rings. The van der Waals surface area contributed by atoms with Gasteiger partial charge in [0.2, 0.25) is 0 Å². The van der Waals surface area contributed by atoms with Crippen LogP contribution in [-0.2, 0) is 4.74 Å². The molecule has 2 N–H and O–H groups in total. The number of nitrogens with two attached hydrogens (primary N) is 1. The van der Waals surface area contributed by atoms with E-state index < -0.39 is 5.60 Å². The maximum absolute atomic E-state index is 12.1. The Bertz CT molecular complexity index is 316. The van der Waals surface area contributed by atoms with Crippen LogP contribution in [0.5, 0.6) is 0 Å². The minimum Gasteiger partial charge on any atom is -0.444 e. The molecule has 0 radical (unpaired) electrons. The van der Waals surface area contributed by atoms with Crippen molar-refractivity contribution in [2.24, 2.45) is 17.1 Å². The van der Waals surface area contributed by atoms with Crippen LogP contribution in [0.25, 0.3) is 0 Å². The first-order valence-corrected chi connectivity index (χ1v) is 7.04. The molecule has 1 atom stereocenters. The van der Waals surface area contributed by atoms with Gasteiger partial charge in [-0.15, -0.1) is 0 Å². The number of carbonyl (C=O) groups excluding carboxylic acids is 1. The molecule has 18 heavy (non-hydrogen) atoms. The number of nitrogens with zero attached hydrogens (tertiary/aromatic N) is 1. The van der Waals surface area contributed by atoms with Crippen LogP contribution in [0.3, 0.4) is 0 Å². The van der Waals surface area contributed by atoms with E-state index >= 15 is 0 Å². The van der Waals surface area contributed by atoms with Crippen LogP contribution in [-0.4, -0.2) is 36.2 Å². The number of amides is 1. The van der Waals surface area contributed by atoms with E-state index in [1.54, 1.807) is 0 Å². The van der Waals surface area contributed by atoms with Crippen LogP contribution in [0.2, 0.25) is 0 Å². The lowest BCUT2D eigenvalue weighted by atomic mass is 9.77. The van der Waals surface area contributed by atoms with Gasteiger partial charge in [-0.3, -0.25) is 0 Å². The van der Waals surface area contributed by atoms with E-state index in [0.717, 1.165) is 13.1 Å². The molecule has 4 heteroatoms. The monoisotopic (exact) mass is 254 g/mol. The van der Waals surface area contributed by atoms with E-state index in [2.05, 4.69) is 0 Å². The molecule has 1 aliphatic carbocycles. The van der Waals surface area contributed by atoms with Gasteiger partial charge in [-0.25, -0.2) is 4.79 Å². The average Bonchev–Trinajstić information content (AvgIpc) is 2.85. The van der Waals surface area contributed by atoms with Gasteiger partial charge in [0, 0.05) is 13.1 Å². The van der Waals surface area contributed by atoms with Crippen molar-refractivity contribution >= 4 is 6.09 Å². The topological polar surface area (TPSA) is 55.6 Å². The summed E-state index contributed by atoms with van der Waals surface area (Å²) in [6.45, 7) is 8.01. The first kappa shape index (κ1) is 13.7. The average molecular weight is 254 g/mol. The smallest absolute Gasteiger partial charge is 0.410 e. The van der Waals surface area contributed by atoms with Gasteiger partial charge in [-0.1, -0.05) is 12.8 Å². The summed E-state index contributed by atoms with van der Waals surface area (Å²) in [5, 5.41) is 0. The summed E-state index contributed by atoms with van der Waals surface area (Å²) in [5.41, 5.74) is 5.77. The molecule has 1 heterocycles. The van der Waals surface area contributed by atoms with E-state index in [1.807, 2.05) is 25.7 Å². The molecule has 2 aliphatic rings. The van der Waals surface area contributed by atoms with E-state index in [4.69, 9.17) is 10.5 Å². The molecule has 1 saturated heterocycles. The highest BCUT2D eigenvalue weighted by Crippen LogP contribution is 2.48. The molecule has 2 fully saturated rings. The lowest BCUT2D eigenvalue weighted by Gasteiger charge is -2.29. The molecular weight excluding hydrogens is 228 g/mol. The van der Waals surface area contributed by atoms with Crippen LogP contribution < -0.4 is 5.73 Å². The van der Waals surface area contributed by atoms with Crippen molar-refractivity contribution in [1.29, 1.82) is 0 Å². The Morgan fingerprint density at radius 2 is 2.00 bits per heavy atom. The lowest BCUT2D eigenvalue weighted by molar-refractivity contribution is 0.0273. The molecule has 1 spiro atoms. The molecule has 1 aliphatic heterocycles. The highest BCUT2D eigenvalue weighted by Gasteiger charge is 2.49. The zero-order valence-electron chi connectivity index (χ0n) is 11.9. The van der Waals surface area contributed by atoms with Gasteiger partial charge < -0.3 is 15.4 Å². The Balaban J connectivity index is 2.03. The molecule has 104 valence electrons. The summed E-state index contributed by atoms with van der Waals surface area (Å²) in [4.78, 5) is 14.0. The first-order valence-electron chi connectivity index (χ1n) is 7.04. The summed E-state index contributed by atoms with van der Waals surface area (Å²) >= 11 is 0. The molecule has 1 saturated carbocycles. The molecule has 1 unspecified atom stereocenters. The fourth-order valence-electron chi connectivity index (χ4n) is 3.47. The molecule has 0 aromatic heterocycles. The van der Waals surface area contributed by atoms with Crippen molar-refractivity contribution < 1.29 is 9.53 Å². The van der Waals surface area contributed by atoms with Crippen LogP contribution in [0.15, 0.2) is 0 Å². The SMILES string of the molecule is CC(C)(C)OC(=O)N1CC(CN)C2(CCCC2)C1. The highest BCUT2D eigenvalue weighted by atomic mass is 16.6. The van der Waals surface area contributed by atoms with Gasteiger partial charge in [-0.2, -0.15) is 0 Å². The van der Waals surface area contributed by atoms with Gasteiger partial charge >= 0.3 is 6.09 Å². The number of hydrogen-bond acceptors (Lipinski definition) is 3. The normalized spacial score (nSPS) is 26.9. The number of ether oxygens (including phenoxy) is 1. The maximum atomic E-state index is 12.1. The minimum absolute atomic E-state index is 0.176. The Kier molecular flexibility index (Phi) is 3.58. The van der Waals surface area contributed by atoms with E-state index in [9.17, 15) is 4.79 Å². The number of likely N-dealkylation sites (tertiary alicyclic amines) is 1. The van der Waals surface area contributed by atoms with Crippen molar-refractivity contribution in [3.05, 3.63) is 0 Å². The third-order valence-electron chi connectivity index (χ3n) is 4.35. The fourth-order valence-corrected chi connectivity index (χ4v) is 3.47. The van der Waals surface area contributed by atoms with Gasteiger partial charge in [0.1, 0.15) is 5.60 Å². The highest BCUT2D eigenvalue weighted by molar-refractivity contribution is 5.68. The molecule has 2 rings (SSSR count). The first-order chi connectivity index (χ1) is 8.36. The van der Waals surface area contributed by atoms with E-state index in [1.165, 1.54) is 25.7 Å². The summed E-state index contributed by atoms with van der Waals surface area (Å²) in [5.74, 6) is 0.451. The third-order valence-corrected chi connectivity index (χ3v) is 4.35. The largest absolute Gasteiger partial charge is 0.444 e. The molecule has 0 aromatic carbocycles. The second-order valence-corrected chi connectivity index (χ2v) is 6.86. The zero-order valence-corrected chi connectivity index (χ0v) is 11.9.